The lowest BCUT2D eigenvalue weighted by molar-refractivity contribution is 0.456. The van der Waals surface area contributed by atoms with Crippen molar-refractivity contribution in [3.8, 4) is 0 Å². The number of nitrogens with zero attached hydrogens (tertiary/aromatic N) is 5. The molecule has 3 heterocycles. The summed E-state index contributed by atoms with van der Waals surface area (Å²) in [5.41, 5.74) is 0.579. The van der Waals surface area contributed by atoms with Crippen molar-refractivity contribution in [2.24, 2.45) is 0 Å². The maximum atomic E-state index is 12.8. The Bertz CT molecular complexity index is 1190. The molecule has 5 rings (SSSR count). The first-order valence-electron chi connectivity index (χ1n) is 8.58. The lowest BCUT2D eigenvalue weighted by atomic mass is 10.1. The largest absolute Gasteiger partial charge is 0.425 e. The van der Waals surface area contributed by atoms with Crippen molar-refractivity contribution in [1.82, 2.24) is 25.0 Å². The summed E-state index contributed by atoms with van der Waals surface area (Å²) in [6.07, 6.45) is 4.25. The lowest BCUT2D eigenvalue weighted by Crippen LogP contribution is -2.25. The maximum Gasteiger partial charge on any atom is 0.274 e. The van der Waals surface area contributed by atoms with Gasteiger partial charge in [0.2, 0.25) is 11.8 Å². The summed E-state index contributed by atoms with van der Waals surface area (Å²) >= 11 is 7.24. The van der Waals surface area contributed by atoms with Crippen molar-refractivity contribution in [1.29, 1.82) is 0 Å². The second kappa shape index (κ2) is 6.54. The average molecular weight is 400 g/mol. The average Bonchev–Trinajstić information content (AvgIpc) is 3.29. The van der Waals surface area contributed by atoms with Crippen LogP contribution >= 0.6 is 22.9 Å². The molecular formula is C18H14ClN5O2S. The van der Waals surface area contributed by atoms with Crippen molar-refractivity contribution < 1.29 is 4.42 Å². The third-order valence-corrected chi connectivity index (χ3v) is 5.60. The normalized spacial score (nSPS) is 14.1. The molecule has 3 aromatic heterocycles. The Morgan fingerprint density at radius 3 is 2.78 bits per heavy atom. The van der Waals surface area contributed by atoms with E-state index in [9.17, 15) is 4.79 Å². The summed E-state index contributed by atoms with van der Waals surface area (Å²) in [5.74, 6) is 1.61. The van der Waals surface area contributed by atoms with Crippen LogP contribution in [0.3, 0.4) is 0 Å². The summed E-state index contributed by atoms with van der Waals surface area (Å²) in [7, 11) is 0. The van der Waals surface area contributed by atoms with Crippen LogP contribution in [0.15, 0.2) is 39.7 Å². The molecule has 1 aliphatic rings. The number of halogens is 1. The zero-order valence-corrected chi connectivity index (χ0v) is 15.7. The molecule has 0 radical (unpaired) electrons. The number of fused-ring (bicyclic) bond motifs is 1. The van der Waals surface area contributed by atoms with E-state index in [1.807, 2.05) is 24.3 Å². The fourth-order valence-corrected chi connectivity index (χ4v) is 3.98. The number of rotatable bonds is 5. The van der Waals surface area contributed by atoms with Gasteiger partial charge >= 0.3 is 0 Å². The second-order valence-corrected chi connectivity index (χ2v) is 8.22. The molecule has 4 aromatic rings. The molecule has 0 N–H and O–H groups in total. The smallest absolute Gasteiger partial charge is 0.274 e. The van der Waals surface area contributed by atoms with Crippen molar-refractivity contribution in [3.63, 3.8) is 0 Å². The van der Waals surface area contributed by atoms with Gasteiger partial charge in [0.15, 0.2) is 4.47 Å². The number of hydrogen-bond donors (Lipinski definition) is 0. The minimum Gasteiger partial charge on any atom is -0.425 e. The van der Waals surface area contributed by atoms with Gasteiger partial charge in [-0.1, -0.05) is 29.8 Å². The molecule has 27 heavy (non-hydrogen) atoms. The molecule has 1 saturated carbocycles. The van der Waals surface area contributed by atoms with E-state index < -0.39 is 0 Å². The van der Waals surface area contributed by atoms with E-state index in [-0.39, 0.29) is 5.56 Å². The number of thiazole rings is 1. The highest BCUT2D eigenvalue weighted by atomic mass is 35.5. The van der Waals surface area contributed by atoms with Gasteiger partial charge < -0.3 is 4.42 Å². The van der Waals surface area contributed by atoms with E-state index in [0.29, 0.717) is 40.5 Å². The zero-order chi connectivity index (χ0) is 18.4. The Balaban J connectivity index is 1.56. The molecule has 0 saturated heterocycles. The van der Waals surface area contributed by atoms with E-state index >= 15 is 0 Å². The quantitative estimate of drug-likeness (QED) is 0.511. The Morgan fingerprint density at radius 1 is 1.22 bits per heavy atom. The van der Waals surface area contributed by atoms with Crippen LogP contribution < -0.4 is 5.56 Å². The van der Waals surface area contributed by atoms with Crippen LogP contribution in [0, 0.1) is 0 Å². The molecule has 9 heteroatoms. The van der Waals surface area contributed by atoms with E-state index in [0.717, 1.165) is 28.8 Å². The Hall–Kier alpha value is -2.58. The van der Waals surface area contributed by atoms with Crippen molar-refractivity contribution in [2.45, 2.75) is 31.7 Å². The molecule has 1 aromatic carbocycles. The van der Waals surface area contributed by atoms with Gasteiger partial charge in [0.05, 0.1) is 24.0 Å². The van der Waals surface area contributed by atoms with Crippen LogP contribution in [0.5, 0.6) is 0 Å². The number of hydrogen-bond acceptors (Lipinski definition) is 7. The van der Waals surface area contributed by atoms with E-state index in [4.69, 9.17) is 16.0 Å². The molecule has 1 aliphatic carbocycles. The first-order chi connectivity index (χ1) is 13.2. The maximum absolute atomic E-state index is 12.8. The van der Waals surface area contributed by atoms with Crippen LogP contribution in [-0.2, 0) is 13.0 Å². The fraction of sp³-hybridized carbons (Fsp3) is 0.278. The molecule has 0 unspecified atom stereocenters. The summed E-state index contributed by atoms with van der Waals surface area (Å²) in [4.78, 5) is 17.7. The summed E-state index contributed by atoms with van der Waals surface area (Å²) < 4.78 is 7.66. The van der Waals surface area contributed by atoms with Gasteiger partial charge in [-0.3, -0.25) is 4.79 Å². The van der Waals surface area contributed by atoms with E-state index in [1.54, 1.807) is 6.20 Å². The molecule has 0 spiro atoms. The van der Waals surface area contributed by atoms with Gasteiger partial charge in [0, 0.05) is 22.4 Å². The first kappa shape index (κ1) is 16.6. The van der Waals surface area contributed by atoms with E-state index in [2.05, 4.69) is 20.3 Å². The van der Waals surface area contributed by atoms with Gasteiger partial charge in [-0.2, -0.15) is 5.10 Å². The topological polar surface area (TPSA) is 86.7 Å². The van der Waals surface area contributed by atoms with Gasteiger partial charge in [-0.25, -0.2) is 9.67 Å². The standard InChI is InChI=1S/C18H14ClN5O2S/c19-18-20-8-11(27-18)9-24-17(25)13-4-2-1-3-12(13)14(23-24)7-15-21-22-16(26-15)10-5-6-10/h1-4,8,10H,5-7,9H2. The summed E-state index contributed by atoms with van der Waals surface area (Å²) in [6.45, 7) is 0.318. The van der Waals surface area contributed by atoms with Gasteiger partial charge in [-0.15, -0.1) is 21.5 Å². The van der Waals surface area contributed by atoms with Crippen molar-refractivity contribution in [2.75, 3.05) is 0 Å². The van der Waals surface area contributed by atoms with Crippen LogP contribution in [0.25, 0.3) is 10.8 Å². The predicted molar refractivity (Wildman–Crippen MR) is 101 cm³/mol. The Kier molecular flexibility index (Phi) is 4.02. The summed E-state index contributed by atoms with van der Waals surface area (Å²) in [6, 6.07) is 7.44. The van der Waals surface area contributed by atoms with Crippen LogP contribution in [0.4, 0.5) is 0 Å². The lowest BCUT2D eigenvalue weighted by Gasteiger charge is -2.09. The third kappa shape index (κ3) is 3.26. The molecule has 0 amide bonds. The van der Waals surface area contributed by atoms with Crippen LogP contribution in [-0.4, -0.2) is 25.0 Å². The highest BCUT2D eigenvalue weighted by molar-refractivity contribution is 7.15. The zero-order valence-electron chi connectivity index (χ0n) is 14.1. The molecule has 0 bridgehead atoms. The minimum absolute atomic E-state index is 0.150. The van der Waals surface area contributed by atoms with Crippen molar-refractivity contribution in [3.05, 3.63) is 67.6 Å². The van der Waals surface area contributed by atoms with E-state index in [1.165, 1.54) is 16.0 Å². The Morgan fingerprint density at radius 2 is 2.04 bits per heavy atom. The minimum atomic E-state index is -0.150. The Labute approximate surface area is 162 Å². The number of aromatic nitrogens is 5. The molecule has 136 valence electrons. The molecule has 0 aliphatic heterocycles. The highest BCUT2D eigenvalue weighted by Crippen LogP contribution is 2.39. The number of benzene rings is 1. The predicted octanol–water partition coefficient (Wildman–Crippen LogP) is 3.41. The van der Waals surface area contributed by atoms with Crippen LogP contribution in [0.1, 0.15) is 41.1 Å². The van der Waals surface area contributed by atoms with Crippen molar-refractivity contribution >= 4 is 33.7 Å². The monoisotopic (exact) mass is 399 g/mol. The van der Waals surface area contributed by atoms with Gasteiger partial charge in [0.25, 0.3) is 5.56 Å². The molecular weight excluding hydrogens is 386 g/mol. The highest BCUT2D eigenvalue weighted by Gasteiger charge is 2.29. The molecule has 1 fully saturated rings. The van der Waals surface area contributed by atoms with Gasteiger partial charge in [0.1, 0.15) is 0 Å². The van der Waals surface area contributed by atoms with Gasteiger partial charge in [-0.05, 0) is 18.9 Å². The molecule has 0 atom stereocenters. The second-order valence-electron chi connectivity index (χ2n) is 6.52. The fourth-order valence-electron chi connectivity index (χ4n) is 3.02. The third-order valence-electron chi connectivity index (χ3n) is 4.50. The molecule has 7 nitrogen and oxygen atoms in total. The van der Waals surface area contributed by atoms with Crippen LogP contribution in [0.2, 0.25) is 4.47 Å². The first-order valence-corrected chi connectivity index (χ1v) is 9.78. The SMILES string of the molecule is O=c1c2ccccc2c(Cc2nnc(C3CC3)o2)nn1Cc1cnc(Cl)s1. The summed E-state index contributed by atoms with van der Waals surface area (Å²) in [5, 5.41) is 14.3.